The van der Waals surface area contributed by atoms with Gasteiger partial charge in [-0.1, -0.05) is 45.6 Å². The summed E-state index contributed by atoms with van der Waals surface area (Å²) < 4.78 is 7.93. The van der Waals surface area contributed by atoms with E-state index in [0.717, 1.165) is 71.9 Å². The number of nitrogens with one attached hydrogen (secondary N) is 2. The second-order valence-corrected chi connectivity index (χ2v) is 10.4. The molecule has 5 rings (SSSR count). The third-order valence-electron chi connectivity index (χ3n) is 7.27. The molecule has 7 heteroatoms. The van der Waals surface area contributed by atoms with E-state index in [2.05, 4.69) is 66.7 Å². The predicted molar refractivity (Wildman–Crippen MR) is 156 cm³/mol. The molecule has 2 N–H and O–H groups in total. The molecule has 0 bridgehead atoms. The monoisotopic (exact) mass is 512 g/mol. The van der Waals surface area contributed by atoms with E-state index in [1.54, 1.807) is 0 Å². The van der Waals surface area contributed by atoms with Gasteiger partial charge in [0.1, 0.15) is 17.3 Å². The Morgan fingerprint density at radius 3 is 2.61 bits per heavy atom. The van der Waals surface area contributed by atoms with Crippen molar-refractivity contribution in [1.82, 2.24) is 19.6 Å². The van der Waals surface area contributed by atoms with Gasteiger partial charge in [-0.3, -0.25) is 0 Å². The Labute approximate surface area is 226 Å². The highest BCUT2D eigenvalue weighted by Crippen LogP contribution is 2.36. The number of hydrogen-bond donors (Lipinski definition) is 2. The highest BCUT2D eigenvalue weighted by atomic mass is 16.5. The number of aromatic nitrogens is 4. The van der Waals surface area contributed by atoms with Gasteiger partial charge in [0.05, 0.1) is 23.4 Å². The van der Waals surface area contributed by atoms with Crippen molar-refractivity contribution in [2.75, 3.05) is 17.2 Å². The molecule has 1 atom stereocenters. The lowest BCUT2D eigenvalue weighted by Crippen LogP contribution is -2.17. The molecule has 0 spiro atoms. The van der Waals surface area contributed by atoms with Gasteiger partial charge >= 0.3 is 0 Å². The van der Waals surface area contributed by atoms with Gasteiger partial charge in [-0.2, -0.15) is 5.10 Å². The van der Waals surface area contributed by atoms with E-state index in [4.69, 9.17) is 14.8 Å². The Kier molecular flexibility index (Phi) is 8.41. The summed E-state index contributed by atoms with van der Waals surface area (Å²) >= 11 is 0. The number of pyridine rings is 1. The van der Waals surface area contributed by atoms with E-state index in [9.17, 15) is 0 Å². The van der Waals surface area contributed by atoms with Crippen molar-refractivity contribution in [2.24, 2.45) is 0 Å². The number of anilines is 2. The Morgan fingerprint density at radius 1 is 1.03 bits per heavy atom. The number of rotatable bonds is 12. The average molecular weight is 513 g/mol. The topological polar surface area (TPSA) is 76.4 Å². The largest absolute Gasteiger partial charge is 0.494 e. The van der Waals surface area contributed by atoms with Crippen molar-refractivity contribution < 1.29 is 4.74 Å². The first-order chi connectivity index (χ1) is 18.7. The van der Waals surface area contributed by atoms with Crippen LogP contribution in [0, 0.1) is 0 Å². The van der Waals surface area contributed by atoms with Gasteiger partial charge < -0.3 is 15.4 Å². The van der Waals surface area contributed by atoms with Crippen LogP contribution in [0.25, 0.3) is 28.0 Å². The van der Waals surface area contributed by atoms with Gasteiger partial charge in [0.25, 0.3) is 0 Å². The van der Waals surface area contributed by atoms with Crippen LogP contribution < -0.4 is 15.4 Å². The van der Waals surface area contributed by atoms with Crippen LogP contribution in [-0.4, -0.2) is 38.3 Å². The zero-order valence-electron chi connectivity index (χ0n) is 22.9. The summed E-state index contributed by atoms with van der Waals surface area (Å²) in [4.78, 5) is 9.52. The quantitative estimate of drug-likeness (QED) is 0.190. The molecule has 0 aliphatic heterocycles. The van der Waals surface area contributed by atoms with Crippen LogP contribution in [0.2, 0.25) is 0 Å². The molecule has 1 aromatic carbocycles. The van der Waals surface area contributed by atoms with Crippen molar-refractivity contribution in [3.05, 3.63) is 54.7 Å². The molecule has 4 aromatic rings. The Balaban J connectivity index is 1.57. The highest BCUT2D eigenvalue weighted by Gasteiger charge is 2.21. The summed E-state index contributed by atoms with van der Waals surface area (Å²) in [5.41, 5.74) is 4.82. The number of nitrogens with zero attached hydrogens (tertiary/aromatic N) is 4. The summed E-state index contributed by atoms with van der Waals surface area (Å²) in [5, 5.41) is 12.4. The van der Waals surface area contributed by atoms with E-state index in [-0.39, 0.29) is 0 Å². The minimum atomic E-state index is 0.350. The zero-order chi connectivity index (χ0) is 26.3. The molecule has 1 aliphatic rings. The highest BCUT2D eigenvalue weighted by molar-refractivity contribution is 5.91. The molecule has 3 heterocycles. The number of fused-ring (bicyclic) bond motifs is 1. The summed E-state index contributed by atoms with van der Waals surface area (Å²) in [5.74, 6) is 2.55. The van der Waals surface area contributed by atoms with Crippen molar-refractivity contribution in [1.29, 1.82) is 0 Å². The van der Waals surface area contributed by atoms with E-state index in [1.807, 2.05) is 28.9 Å². The van der Waals surface area contributed by atoms with E-state index < -0.39 is 0 Å². The van der Waals surface area contributed by atoms with Crippen molar-refractivity contribution in [3.63, 3.8) is 0 Å². The maximum absolute atomic E-state index is 5.91. The molecule has 0 amide bonds. The lowest BCUT2D eigenvalue weighted by Gasteiger charge is -2.15. The molecule has 0 radical (unpaired) electrons. The second-order valence-electron chi connectivity index (χ2n) is 10.4. The molecular weight excluding hydrogens is 472 g/mol. The molecule has 1 fully saturated rings. The maximum Gasteiger partial charge on any atom is 0.223 e. The van der Waals surface area contributed by atoms with Gasteiger partial charge in [0, 0.05) is 23.8 Å². The van der Waals surface area contributed by atoms with Crippen molar-refractivity contribution in [3.8, 4) is 28.3 Å². The van der Waals surface area contributed by atoms with E-state index >= 15 is 0 Å². The maximum atomic E-state index is 5.91. The van der Waals surface area contributed by atoms with Crippen LogP contribution >= 0.6 is 0 Å². The van der Waals surface area contributed by atoms with E-state index in [1.165, 1.54) is 25.7 Å². The molecule has 38 heavy (non-hydrogen) atoms. The summed E-state index contributed by atoms with van der Waals surface area (Å²) in [7, 11) is 0. The third-order valence-corrected chi connectivity index (χ3v) is 7.27. The van der Waals surface area contributed by atoms with Crippen molar-refractivity contribution >= 4 is 17.3 Å². The van der Waals surface area contributed by atoms with Crippen molar-refractivity contribution in [2.45, 2.75) is 84.2 Å². The van der Waals surface area contributed by atoms with E-state index in [0.29, 0.717) is 18.0 Å². The Bertz CT molecular complexity index is 1330. The van der Waals surface area contributed by atoms with Gasteiger partial charge in [0.2, 0.25) is 5.95 Å². The van der Waals surface area contributed by atoms with Crippen LogP contribution in [0.3, 0.4) is 0 Å². The molecule has 0 saturated heterocycles. The fourth-order valence-electron chi connectivity index (χ4n) is 5.25. The molecule has 1 saturated carbocycles. The van der Waals surface area contributed by atoms with Gasteiger partial charge in [-0.25, -0.2) is 14.5 Å². The van der Waals surface area contributed by atoms with Crippen LogP contribution in [0.5, 0.6) is 5.75 Å². The fraction of sp³-hybridized carbons (Fsp3) is 0.452. The first kappa shape index (κ1) is 26.0. The molecule has 3 aromatic heterocycles. The normalized spacial score (nSPS) is 14.6. The Morgan fingerprint density at radius 2 is 1.84 bits per heavy atom. The minimum Gasteiger partial charge on any atom is -0.494 e. The summed E-state index contributed by atoms with van der Waals surface area (Å²) in [6, 6.07) is 17.4. The smallest absolute Gasteiger partial charge is 0.223 e. The SMILES string of the molecule is CCCCOc1ccc(-c2nn3c(NC(C)CCC)cccc3c2-c2ccnc(NC3CCCC3)n2)cc1. The van der Waals surface area contributed by atoms with Crippen LogP contribution in [-0.2, 0) is 0 Å². The van der Waals surface area contributed by atoms with Crippen LogP contribution in [0.1, 0.15) is 72.1 Å². The standard InChI is InChI=1S/C31H40N6O/c1-4-6-21-38-25-17-15-23(16-18-25)30-29(26-19-20-32-31(35-26)34-24-11-7-8-12-24)27-13-9-14-28(37(27)36-30)33-22(3)10-5-2/h9,13-20,22,24,33H,4-8,10-12,21H2,1-3H3,(H,32,34,35). The number of hydrogen-bond acceptors (Lipinski definition) is 6. The number of ether oxygens (including phenoxy) is 1. The second kappa shape index (κ2) is 12.3. The number of benzene rings is 1. The molecule has 1 aliphatic carbocycles. The lowest BCUT2D eigenvalue weighted by molar-refractivity contribution is 0.309. The summed E-state index contributed by atoms with van der Waals surface area (Å²) in [6.07, 6.45) is 11.1. The average Bonchev–Trinajstić information content (AvgIpc) is 3.58. The molecular formula is C31H40N6O. The zero-order valence-corrected chi connectivity index (χ0v) is 22.9. The molecule has 200 valence electrons. The van der Waals surface area contributed by atoms with Crippen LogP contribution in [0.15, 0.2) is 54.7 Å². The molecule has 7 nitrogen and oxygen atoms in total. The first-order valence-electron chi connectivity index (χ1n) is 14.3. The van der Waals surface area contributed by atoms with Gasteiger partial charge in [-0.15, -0.1) is 0 Å². The predicted octanol–water partition coefficient (Wildman–Crippen LogP) is 7.59. The fourth-order valence-corrected chi connectivity index (χ4v) is 5.25. The summed E-state index contributed by atoms with van der Waals surface area (Å²) in [6.45, 7) is 7.34. The van der Waals surface area contributed by atoms with Gasteiger partial charge in [0.15, 0.2) is 0 Å². The Hall–Kier alpha value is -3.61. The number of unbranched alkanes of at least 4 members (excludes halogenated alkanes) is 1. The molecule has 1 unspecified atom stereocenters. The minimum absolute atomic E-state index is 0.350. The lowest BCUT2D eigenvalue weighted by atomic mass is 10.0. The first-order valence-corrected chi connectivity index (χ1v) is 14.3. The third kappa shape index (κ3) is 5.93. The van der Waals surface area contributed by atoms with Crippen LogP contribution in [0.4, 0.5) is 11.8 Å². The van der Waals surface area contributed by atoms with Gasteiger partial charge in [-0.05, 0) is 75.1 Å².